The van der Waals surface area contributed by atoms with Gasteiger partial charge in [0, 0.05) is 0 Å². The zero-order valence-corrected chi connectivity index (χ0v) is 4.37. The Hall–Kier alpha value is 0.496. The largest absolute Gasteiger partial charge is 2.00 e. The molecular formula is CH2CoMnO2+4. The predicted octanol–water partition coefficient (Wildman–Crippen LogP) is -0.304. The van der Waals surface area contributed by atoms with Crippen molar-refractivity contribution >= 4 is 6.47 Å². The van der Waals surface area contributed by atoms with E-state index in [-0.39, 0.29) is 40.3 Å². The minimum Gasteiger partial charge on any atom is -0.483 e. The second kappa shape index (κ2) is 24.6. The van der Waals surface area contributed by atoms with E-state index in [4.69, 9.17) is 9.90 Å². The Kier molecular flexibility index (Phi) is 87.6. The first-order valence-corrected chi connectivity index (χ1v) is 0.494. The van der Waals surface area contributed by atoms with Gasteiger partial charge in [0.25, 0.3) is 6.47 Å². The van der Waals surface area contributed by atoms with E-state index in [1.807, 2.05) is 0 Å². The number of hydrogen-bond acceptors (Lipinski definition) is 1. The Morgan fingerprint density at radius 2 is 1.60 bits per heavy atom. The van der Waals surface area contributed by atoms with Crippen LogP contribution in [0.25, 0.3) is 0 Å². The Balaban J connectivity index is -0.0000000200. The molecule has 0 aromatic rings. The van der Waals surface area contributed by atoms with Crippen LogP contribution in [0.15, 0.2) is 0 Å². The van der Waals surface area contributed by atoms with Gasteiger partial charge >= 0.3 is 33.8 Å². The molecule has 0 spiro atoms. The molecule has 0 rings (SSSR count). The van der Waals surface area contributed by atoms with Crippen LogP contribution < -0.4 is 0 Å². The molecule has 0 aromatic carbocycles. The first-order chi connectivity index (χ1) is 1.41. The van der Waals surface area contributed by atoms with Crippen LogP contribution in [0.3, 0.4) is 0 Å². The zero-order chi connectivity index (χ0) is 2.71. The Morgan fingerprint density at radius 3 is 1.60 bits per heavy atom. The maximum absolute atomic E-state index is 8.36. The van der Waals surface area contributed by atoms with Gasteiger partial charge in [-0.05, 0) is 0 Å². The summed E-state index contributed by atoms with van der Waals surface area (Å²) in [4.78, 5) is 8.36. The van der Waals surface area contributed by atoms with Crippen molar-refractivity contribution < 1.29 is 43.7 Å². The van der Waals surface area contributed by atoms with Gasteiger partial charge in [-0.15, -0.1) is 0 Å². The van der Waals surface area contributed by atoms with Crippen LogP contribution in [0.1, 0.15) is 0 Å². The van der Waals surface area contributed by atoms with Gasteiger partial charge in [-0.25, -0.2) is 0 Å². The monoisotopic (exact) mass is 160 g/mol. The summed E-state index contributed by atoms with van der Waals surface area (Å²) in [5.74, 6) is 0. The van der Waals surface area contributed by atoms with E-state index in [2.05, 4.69) is 0 Å². The summed E-state index contributed by atoms with van der Waals surface area (Å²) in [6, 6.07) is 0. The van der Waals surface area contributed by atoms with Crippen LogP contribution >= 0.6 is 0 Å². The van der Waals surface area contributed by atoms with E-state index in [0.717, 1.165) is 0 Å². The number of rotatable bonds is 0. The molecule has 0 saturated heterocycles. The fraction of sp³-hybridized carbons (Fsp3) is 0. The summed E-state index contributed by atoms with van der Waals surface area (Å²) in [5.41, 5.74) is 0. The average Bonchev–Trinajstić information content (AvgIpc) is 0.918. The van der Waals surface area contributed by atoms with Crippen molar-refractivity contribution in [2.24, 2.45) is 0 Å². The number of hydrogen-bond donors (Lipinski definition) is 1. The van der Waals surface area contributed by atoms with Gasteiger partial charge in [0.2, 0.25) is 0 Å². The van der Waals surface area contributed by atoms with Crippen LogP contribution in [0.2, 0.25) is 0 Å². The molecule has 0 aromatic heterocycles. The summed E-state index contributed by atoms with van der Waals surface area (Å²) in [6.07, 6.45) is 0. The van der Waals surface area contributed by atoms with Crippen molar-refractivity contribution in [3.05, 3.63) is 0 Å². The van der Waals surface area contributed by atoms with E-state index in [1.54, 1.807) is 0 Å². The Labute approximate surface area is 50.6 Å². The molecule has 5 heavy (non-hydrogen) atoms. The number of carboxylic acid groups (broad SMARTS) is 1. The first kappa shape index (κ1) is 17.8. The van der Waals surface area contributed by atoms with Crippen molar-refractivity contribution in [1.29, 1.82) is 0 Å². The topological polar surface area (TPSA) is 37.3 Å². The standard InChI is InChI=1S/CH2O2.Co.Mn/c2-1-3;;/h1H,(H,2,3);;/q;2*+2. The average molecular weight is 160 g/mol. The molecule has 0 heterocycles. The molecule has 0 fully saturated rings. The summed E-state index contributed by atoms with van der Waals surface area (Å²) in [6.45, 7) is -0.250. The molecular weight excluding hydrogens is 158 g/mol. The summed E-state index contributed by atoms with van der Waals surface area (Å²) < 4.78 is 0. The number of carbonyl (C=O) groups is 1. The molecule has 0 amide bonds. The minimum absolute atomic E-state index is 0. The van der Waals surface area contributed by atoms with Gasteiger partial charge < -0.3 is 5.11 Å². The third kappa shape index (κ3) is 114. The minimum atomic E-state index is -0.250. The molecule has 0 bridgehead atoms. The van der Waals surface area contributed by atoms with E-state index in [1.165, 1.54) is 0 Å². The van der Waals surface area contributed by atoms with Gasteiger partial charge in [-0.3, -0.25) is 4.79 Å². The van der Waals surface area contributed by atoms with Crippen LogP contribution in [-0.4, -0.2) is 11.6 Å². The summed E-state index contributed by atoms with van der Waals surface area (Å²) in [7, 11) is 0. The maximum Gasteiger partial charge on any atom is 2.00 e. The first-order valence-electron chi connectivity index (χ1n) is 0.494. The third-order valence-corrected chi connectivity index (χ3v) is 0. The van der Waals surface area contributed by atoms with Crippen molar-refractivity contribution in [1.82, 2.24) is 0 Å². The second-order valence-corrected chi connectivity index (χ2v) is 0.105. The third-order valence-electron chi connectivity index (χ3n) is 0. The van der Waals surface area contributed by atoms with Crippen LogP contribution in [0, 0.1) is 0 Å². The van der Waals surface area contributed by atoms with Gasteiger partial charge in [0.1, 0.15) is 0 Å². The fourth-order valence-electron chi connectivity index (χ4n) is 0. The Morgan fingerprint density at radius 1 is 1.60 bits per heavy atom. The second-order valence-electron chi connectivity index (χ2n) is 0.105. The molecule has 2 radical (unpaired) electrons. The molecule has 4 heteroatoms. The van der Waals surface area contributed by atoms with E-state index in [0.29, 0.717) is 0 Å². The van der Waals surface area contributed by atoms with Crippen LogP contribution in [0.4, 0.5) is 0 Å². The molecule has 0 aliphatic heterocycles. The van der Waals surface area contributed by atoms with Gasteiger partial charge in [0.15, 0.2) is 0 Å². The van der Waals surface area contributed by atoms with E-state index >= 15 is 0 Å². The van der Waals surface area contributed by atoms with Crippen LogP contribution in [-0.2, 0) is 38.6 Å². The summed E-state index contributed by atoms with van der Waals surface area (Å²) in [5, 5.41) is 6.89. The molecule has 1 N–H and O–H groups in total. The maximum atomic E-state index is 8.36. The molecule has 2 nitrogen and oxygen atoms in total. The van der Waals surface area contributed by atoms with Crippen molar-refractivity contribution in [2.45, 2.75) is 0 Å². The molecule has 0 atom stereocenters. The van der Waals surface area contributed by atoms with E-state index in [9.17, 15) is 0 Å². The zero-order valence-electron chi connectivity index (χ0n) is 2.14. The molecule has 0 unspecified atom stereocenters. The van der Waals surface area contributed by atoms with Crippen LogP contribution in [0.5, 0.6) is 0 Å². The summed E-state index contributed by atoms with van der Waals surface area (Å²) >= 11 is 0. The molecule has 0 saturated carbocycles. The van der Waals surface area contributed by atoms with E-state index < -0.39 is 0 Å². The van der Waals surface area contributed by atoms with Crippen molar-refractivity contribution in [2.75, 3.05) is 0 Å². The molecule has 0 aliphatic rings. The van der Waals surface area contributed by atoms with Gasteiger partial charge in [-0.2, -0.15) is 0 Å². The normalized spacial score (nSPS) is 2.40. The predicted molar refractivity (Wildman–Crippen MR) is 8.69 cm³/mol. The van der Waals surface area contributed by atoms with Gasteiger partial charge in [0.05, 0.1) is 0 Å². The SMILES string of the molecule is O=CO.[Co+2].[Mn+2]. The Bertz CT molecular complexity index is 17.1. The van der Waals surface area contributed by atoms with Crippen molar-refractivity contribution in [3.8, 4) is 0 Å². The smallest absolute Gasteiger partial charge is 0.483 e. The molecule has 0 aliphatic carbocycles. The van der Waals surface area contributed by atoms with Gasteiger partial charge in [-0.1, -0.05) is 0 Å². The quantitative estimate of drug-likeness (QED) is 0.390. The molecule has 30 valence electrons. The van der Waals surface area contributed by atoms with Crippen molar-refractivity contribution in [3.63, 3.8) is 0 Å². The fourth-order valence-corrected chi connectivity index (χ4v) is 0.